The topological polar surface area (TPSA) is 54.4 Å². The highest BCUT2D eigenvalue weighted by atomic mass is 32.2. The van der Waals surface area contributed by atoms with E-state index >= 15 is 0 Å². The van der Waals surface area contributed by atoms with Crippen LogP contribution in [0.25, 0.3) is 0 Å². The summed E-state index contributed by atoms with van der Waals surface area (Å²) in [5.74, 6) is 0.491. The SMILES string of the molecule is CC(C)c1cccc(S(=O)(=O)C2CC(CO)C2)c1. The number of benzene rings is 1. The van der Waals surface area contributed by atoms with Crippen molar-refractivity contribution in [2.45, 2.75) is 42.8 Å². The highest BCUT2D eigenvalue weighted by molar-refractivity contribution is 7.92. The Morgan fingerprint density at radius 3 is 2.56 bits per heavy atom. The van der Waals surface area contributed by atoms with Gasteiger partial charge in [0.05, 0.1) is 10.1 Å². The lowest BCUT2D eigenvalue weighted by Crippen LogP contribution is -2.37. The summed E-state index contributed by atoms with van der Waals surface area (Å²) in [6.07, 6.45) is 1.18. The van der Waals surface area contributed by atoms with Crippen LogP contribution in [0.3, 0.4) is 0 Å². The van der Waals surface area contributed by atoms with Crippen LogP contribution < -0.4 is 0 Å². The van der Waals surface area contributed by atoms with Crippen molar-refractivity contribution >= 4 is 9.84 Å². The Morgan fingerprint density at radius 2 is 2.00 bits per heavy atom. The van der Waals surface area contributed by atoms with Gasteiger partial charge in [0.25, 0.3) is 0 Å². The van der Waals surface area contributed by atoms with Gasteiger partial charge in [0.2, 0.25) is 0 Å². The molecule has 0 aromatic heterocycles. The average Bonchev–Trinajstić information content (AvgIpc) is 2.27. The summed E-state index contributed by atoms with van der Waals surface area (Å²) in [4.78, 5) is 0.426. The first-order valence-corrected chi connectivity index (χ1v) is 7.94. The van der Waals surface area contributed by atoms with E-state index in [1.54, 1.807) is 12.1 Å². The van der Waals surface area contributed by atoms with Gasteiger partial charge in [0.15, 0.2) is 9.84 Å². The van der Waals surface area contributed by atoms with Gasteiger partial charge in [0.1, 0.15) is 0 Å². The molecule has 0 aliphatic heterocycles. The molecule has 4 heteroatoms. The average molecular weight is 268 g/mol. The molecule has 2 rings (SSSR count). The van der Waals surface area contributed by atoms with E-state index in [4.69, 9.17) is 5.11 Å². The molecule has 0 heterocycles. The highest BCUT2D eigenvalue weighted by Crippen LogP contribution is 2.36. The van der Waals surface area contributed by atoms with Crippen LogP contribution in [-0.4, -0.2) is 25.4 Å². The largest absolute Gasteiger partial charge is 0.396 e. The monoisotopic (exact) mass is 268 g/mol. The fourth-order valence-corrected chi connectivity index (χ4v) is 4.32. The Balaban J connectivity index is 2.23. The van der Waals surface area contributed by atoms with E-state index in [1.165, 1.54) is 0 Å². The van der Waals surface area contributed by atoms with E-state index < -0.39 is 9.84 Å². The van der Waals surface area contributed by atoms with Crippen molar-refractivity contribution in [3.63, 3.8) is 0 Å². The van der Waals surface area contributed by atoms with E-state index in [-0.39, 0.29) is 17.8 Å². The highest BCUT2D eigenvalue weighted by Gasteiger charge is 2.39. The van der Waals surface area contributed by atoms with Gasteiger partial charge in [-0.05, 0) is 42.4 Å². The first-order valence-electron chi connectivity index (χ1n) is 6.40. The van der Waals surface area contributed by atoms with Crippen LogP contribution in [-0.2, 0) is 9.84 Å². The molecule has 0 saturated heterocycles. The number of aliphatic hydroxyl groups is 1. The molecule has 0 atom stereocenters. The van der Waals surface area contributed by atoms with Crippen LogP contribution in [0.4, 0.5) is 0 Å². The molecule has 1 aliphatic carbocycles. The number of rotatable bonds is 4. The van der Waals surface area contributed by atoms with Gasteiger partial charge in [-0.15, -0.1) is 0 Å². The number of hydrogen-bond acceptors (Lipinski definition) is 3. The summed E-state index contributed by atoms with van der Waals surface area (Å²) in [6.45, 7) is 4.20. The van der Waals surface area contributed by atoms with Crippen molar-refractivity contribution < 1.29 is 13.5 Å². The number of sulfone groups is 1. The van der Waals surface area contributed by atoms with Gasteiger partial charge in [0, 0.05) is 6.61 Å². The predicted octanol–water partition coefficient (Wildman–Crippen LogP) is 2.35. The van der Waals surface area contributed by atoms with Gasteiger partial charge in [-0.3, -0.25) is 0 Å². The maximum Gasteiger partial charge on any atom is 0.181 e. The van der Waals surface area contributed by atoms with E-state index in [0.717, 1.165) is 5.56 Å². The second-order valence-corrected chi connectivity index (χ2v) is 7.64. The van der Waals surface area contributed by atoms with Gasteiger partial charge in [-0.2, -0.15) is 0 Å². The van der Waals surface area contributed by atoms with Gasteiger partial charge < -0.3 is 5.11 Å². The predicted molar refractivity (Wildman–Crippen MR) is 71.3 cm³/mol. The van der Waals surface area contributed by atoms with Gasteiger partial charge in [-0.1, -0.05) is 26.0 Å². The Morgan fingerprint density at radius 1 is 1.33 bits per heavy atom. The van der Waals surface area contributed by atoms with Gasteiger partial charge >= 0.3 is 0 Å². The molecule has 0 unspecified atom stereocenters. The summed E-state index contributed by atoms with van der Waals surface area (Å²) in [7, 11) is -3.21. The second kappa shape index (κ2) is 5.02. The lowest BCUT2D eigenvalue weighted by molar-refractivity contribution is 0.165. The molecule has 100 valence electrons. The van der Waals surface area contributed by atoms with E-state index in [0.29, 0.717) is 23.7 Å². The Kier molecular flexibility index (Phi) is 3.78. The molecule has 18 heavy (non-hydrogen) atoms. The van der Waals surface area contributed by atoms with Crippen molar-refractivity contribution in [3.8, 4) is 0 Å². The molecule has 0 radical (unpaired) electrons. The van der Waals surface area contributed by atoms with Crippen molar-refractivity contribution in [3.05, 3.63) is 29.8 Å². The normalized spacial score (nSPS) is 24.0. The maximum absolute atomic E-state index is 12.4. The minimum absolute atomic E-state index is 0.0953. The standard InChI is InChI=1S/C14H20O3S/c1-10(2)12-4-3-5-13(8-12)18(16,17)14-6-11(7-14)9-15/h3-5,8,10-11,14-15H,6-7,9H2,1-2H3. The van der Waals surface area contributed by atoms with E-state index in [1.807, 2.05) is 12.1 Å². The van der Waals surface area contributed by atoms with E-state index in [2.05, 4.69) is 13.8 Å². The zero-order chi connectivity index (χ0) is 13.3. The smallest absolute Gasteiger partial charge is 0.181 e. The van der Waals surface area contributed by atoms with Crippen LogP contribution in [0.15, 0.2) is 29.2 Å². The number of aliphatic hydroxyl groups excluding tert-OH is 1. The zero-order valence-corrected chi connectivity index (χ0v) is 11.7. The first kappa shape index (κ1) is 13.6. The van der Waals surface area contributed by atoms with Crippen molar-refractivity contribution in [2.75, 3.05) is 6.61 Å². The first-order chi connectivity index (χ1) is 8.45. The molecule has 1 fully saturated rings. The summed E-state index contributed by atoms with van der Waals surface area (Å²) < 4.78 is 24.7. The summed E-state index contributed by atoms with van der Waals surface area (Å²) in [6, 6.07) is 7.23. The van der Waals surface area contributed by atoms with Crippen LogP contribution in [0, 0.1) is 5.92 Å². The molecular formula is C14H20O3S. The Bertz CT molecular complexity index is 514. The third kappa shape index (κ3) is 2.45. The molecule has 1 N–H and O–H groups in total. The maximum atomic E-state index is 12.4. The van der Waals surface area contributed by atoms with Crippen molar-refractivity contribution in [1.82, 2.24) is 0 Å². The fourth-order valence-electron chi connectivity index (χ4n) is 2.32. The second-order valence-electron chi connectivity index (χ2n) is 5.41. The Hall–Kier alpha value is -0.870. The molecular weight excluding hydrogens is 248 g/mol. The molecule has 0 spiro atoms. The molecule has 3 nitrogen and oxygen atoms in total. The van der Waals surface area contributed by atoms with Crippen LogP contribution >= 0.6 is 0 Å². The Labute approximate surface area is 109 Å². The minimum Gasteiger partial charge on any atom is -0.396 e. The minimum atomic E-state index is -3.21. The molecule has 1 aromatic rings. The van der Waals surface area contributed by atoms with Crippen LogP contribution in [0.2, 0.25) is 0 Å². The fraction of sp³-hybridized carbons (Fsp3) is 0.571. The summed E-state index contributed by atoms with van der Waals surface area (Å²) >= 11 is 0. The molecule has 0 amide bonds. The van der Waals surface area contributed by atoms with E-state index in [9.17, 15) is 8.42 Å². The quantitative estimate of drug-likeness (QED) is 0.912. The number of hydrogen-bond donors (Lipinski definition) is 1. The molecule has 1 aromatic carbocycles. The third-order valence-electron chi connectivity index (χ3n) is 3.74. The zero-order valence-electron chi connectivity index (χ0n) is 10.8. The third-order valence-corrected chi connectivity index (χ3v) is 5.92. The molecule has 1 aliphatic rings. The van der Waals surface area contributed by atoms with Crippen molar-refractivity contribution in [2.24, 2.45) is 5.92 Å². The summed E-state index contributed by atoms with van der Waals surface area (Å²) in [5.41, 5.74) is 1.05. The van der Waals surface area contributed by atoms with Crippen LogP contribution in [0.1, 0.15) is 38.2 Å². The summed E-state index contributed by atoms with van der Waals surface area (Å²) in [5, 5.41) is 8.65. The van der Waals surface area contributed by atoms with Gasteiger partial charge in [-0.25, -0.2) is 8.42 Å². The lowest BCUT2D eigenvalue weighted by Gasteiger charge is -2.33. The van der Waals surface area contributed by atoms with Crippen LogP contribution in [0.5, 0.6) is 0 Å². The lowest BCUT2D eigenvalue weighted by atomic mass is 9.86. The van der Waals surface area contributed by atoms with Crippen molar-refractivity contribution in [1.29, 1.82) is 0 Å². The molecule has 1 saturated carbocycles. The molecule has 0 bridgehead atoms.